The lowest BCUT2D eigenvalue weighted by molar-refractivity contribution is -0.118. The number of thioether (sulfide) groups is 1. The van der Waals surface area contributed by atoms with Crippen molar-refractivity contribution in [1.29, 1.82) is 0 Å². The number of thiazole rings is 1. The molecular formula is C20H19N5O4S3. The molecule has 9 nitrogen and oxygen atoms in total. The minimum Gasteiger partial charge on any atom is -0.416 e. The number of hydrogen-bond acceptors (Lipinski definition) is 9. The molecule has 0 atom stereocenters. The average molecular weight is 490 g/mol. The van der Waals surface area contributed by atoms with E-state index in [1.807, 2.05) is 24.3 Å². The molecular weight excluding hydrogens is 470 g/mol. The molecule has 2 heterocycles. The Morgan fingerprint density at radius 2 is 1.88 bits per heavy atom. The highest BCUT2D eigenvalue weighted by Crippen LogP contribution is 2.23. The second kappa shape index (κ2) is 9.77. The lowest BCUT2D eigenvalue weighted by atomic mass is 10.2. The number of nitrogens with zero attached hydrogens (tertiary/aromatic N) is 3. The summed E-state index contributed by atoms with van der Waals surface area (Å²) in [5.74, 6) is 0.413. The number of nitrogens with one attached hydrogen (secondary N) is 1. The minimum atomic E-state index is -3.73. The quantitative estimate of drug-likeness (QED) is 0.342. The second-order valence-electron chi connectivity index (χ2n) is 6.79. The summed E-state index contributed by atoms with van der Waals surface area (Å²) in [6.45, 7) is 0.265. The maximum Gasteiger partial charge on any atom is 0.277 e. The molecule has 0 saturated heterocycles. The first-order valence-corrected chi connectivity index (χ1v) is 12.9. The molecule has 3 N–H and O–H groups in total. The van der Waals surface area contributed by atoms with Crippen LogP contribution in [0.4, 0.5) is 0 Å². The van der Waals surface area contributed by atoms with Crippen LogP contribution in [-0.4, -0.2) is 35.3 Å². The zero-order valence-electron chi connectivity index (χ0n) is 16.7. The molecule has 2 aromatic carbocycles. The van der Waals surface area contributed by atoms with Crippen LogP contribution in [0, 0.1) is 0 Å². The number of sulfonamides is 1. The van der Waals surface area contributed by atoms with Crippen LogP contribution in [-0.2, 0) is 34.2 Å². The van der Waals surface area contributed by atoms with E-state index in [2.05, 4.69) is 20.5 Å². The van der Waals surface area contributed by atoms with Gasteiger partial charge in [0, 0.05) is 19.4 Å². The summed E-state index contributed by atoms with van der Waals surface area (Å²) in [5, 5.41) is 17.2. The Kier molecular flexibility index (Phi) is 6.84. The van der Waals surface area contributed by atoms with Gasteiger partial charge in [0.1, 0.15) is 0 Å². The van der Waals surface area contributed by atoms with Crippen molar-refractivity contribution in [2.45, 2.75) is 29.5 Å². The monoisotopic (exact) mass is 489 g/mol. The largest absolute Gasteiger partial charge is 0.416 e. The summed E-state index contributed by atoms with van der Waals surface area (Å²) in [5.41, 5.74) is 1.74. The number of para-hydroxylation sites is 1. The molecule has 12 heteroatoms. The number of aromatic nitrogens is 3. The van der Waals surface area contributed by atoms with Gasteiger partial charge in [0.05, 0.1) is 25.9 Å². The molecule has 4 rings (SSSR count). The fraction of sp³-hybridized carbons (Fsp3) is 0.200. The summed E-state index contributed by atoms with van der Waals surface area (Å²) < 4.78 is 29.3. The Labute approximate surface area is 192 Å². The zero-order chi connectivity index (χ0) is 22.6. The van der Waals surface area contributed by atoms with Gasteiger partial charge in [-0.15, -0.1) is 21.5 Å². The van der Waals surface area contributed by atoms with E-state index in [-0.39, 0.29) is 23.1 Å². The number of amides is 1. The van der Waals surface area contributed by atoms with Crippen molar-refractivity contribution in [3.05, 3.63) is 65.0 Å². The van der Waals surface area contributed by atoms with Gasteiger partial charge in [-0.3, -0.25) is 4.79 Å². The van der Waals surface area contributed by atoms with Gasteiger partial charge in [-0.25, -0.2) is 18.5 Å². The average Bonchev–Trinajstić information content (AvgIpc) is 3.40. The van der Waals surface area contributed by atoms with Crippen LogP contribution in [0.15, 0.2) is 63.1 Å². The molecule has 0 fully saturated rings. The van der Waals surface area contributed by atoms with Crippen LogP contribution >= 0.6 is 23.1 Å². The van der Waals surface area contributed by atoms with Crippen molar-refractivity contribution < 1.29 is 17.6 Å². The Hall–Kier alpha value is -2.80. The van der Waals surface area contributed by atoms with E-state index in [9.17, 15) is 13.2 Å². The highest BCUT2D eigenvalue weighted by atomic mass is 32.2. The summed E-state index contributed by atoms with van der Waals surface area (Å²) in [7, 11) is -3.73. The second-order valence-corrected chi connectivity index (χ2v) is 10.4. The van der Waals surface area contributed by atoms with E-state index < -0.39 is 10.0 Å². The van der Waals surface area contributed by atoms with E-state index >= 15 is 0 Å². The van der Waals surface area contributed by atoms with Gasteiger partial charge in [0.15, 0.2) is 0 Å². The lowest BCUT2D eigenvalue weighted by Gasteiger charge is -2.05. The topological polar surface area (TPSA) is 141 Å². The van der Waals surface area contributed by atoms with E-state index in [1.165, 1.54) is 12.1 Å². The van der Waals surface area contributed by atoms with Gasteiger partial charge in [-0.05, 0) is 29.8 Å². The SMILES string of the molecule is NS(=O)(=O)c1ccc(CNC(=O)CSc2nnc(CCc3nc4ccccc4s3)o2)cc1. The first kappa shape index (κ1) is 22.4. The maximum atomic E-state index is 12.1. The molecule has 0 radical (unpaired) electrons. The predicted molar refractivity (Wildman–Crippen MR) is 122 cm³/mol. The van der Waals surface area contributed by atoms with Crippen molar-refractivity contribution in [2.75, 3.05) is 5.75 Å². The summed E-state index contributed by atoms with van der Waals surface area (Å²) >= 11 is 2.80. The smallest absolute Gasteiger partial charge is 0.277 e. The highest BCUT2D eigenvalue weighted by Gasteiger charge is 2.12. The number of carbonyl (C=O) groups is 1. The number of aryl methyl sites for hydroxylation is 2. The van der Waals surface area contributed by atoms with Crippen molar-refractivity contribution in [3.63, 3.8) is 0 Å². The first-order valence-electron chi connectivity index (χ1n) is 9.55. The van der Waals surface area contributed by atoms with Gasteiger partial charge >= 0.3 is 0 Å². The van der Waals surface area contributed by atoms with Crippen LogP contribution in [0.2, 0.25) is 0 Å². The minimum absolute atomic E-state index is 0.0264. The van der Waals surface area contributed by atoms with E-state index in [0.29, 0.717) is 24.0 Å². The molecule has 0 spiro atoms. The number of benzene rings is 2. The third-order valence-corrected chi connectivity index (χ3v) is 7.25. The molecule has 166 valence electrons. The van der Waals surface area contributed by atoms with Gasteiger partial charge in [0.25, 0.3) is 5.22 Å². The van der Waals surface area contributed by atoms with Gasteiger partial charge in [0.2, 0.25) is 21.8 Å². The summed E-state index contributed by atoms with van der Waals surface area (Å²) in [4.78, 5) is 16.7. The van der Waals surface area contributed by atoms with Crippen LogP contribution in [0.3, 0.4) is 0 Å². The highest BCUT2D eigenvalue weighted by molar-refractivity contribution is 7.99. The van der Waals surface area contributed by atoms with Crippen LogP contribution in [0.25, 0.3) is 10.2 Å². The molecule has 1 amide bonds. The number of nitrogens with two attached hydrogens (primary N) is 1. The van der Waals surface area contributed by atoms with Crippen molar-refractivity contribution in [2.24, 2.45) is 5.14 Å². The normalized spacial score (nSPS) is 11.7. The summed E-state index contributed by atoms with van der Waals surface area (Å²) in [6.07, 6.45) is 1.28. The van der Waals surface area contributed by atoms with Gasteiger partial charge in [-0.2, -0.15) is 0 Å². The van der Waals surface area contributed by atoms with Gasteiger partial charge in [-0.1, -0.05) is 36.0 Å². The number of fused-ring (bicyclic) bond motifs is 1. The third kappa shape index (κ3) is 5.91. The van der Waals surface area contributed by atoms with Crippen LogP contribution in [0.1, 0.15) is 16.5 Å². The van der Waals surface area contributed by atoms with Crippen molar-refractivity contribution >= 4 is 49.2 Å². The number of rotatable bonds is 9. The molecule has 4 aromatic rings. The fourth-order valence-corrected chi connectivity index (χ4v) is 4.91. The molecule has 0 aliphatic rings. The number of carbonyl (C=O) groups excluding carboxylic acids is 1. The predicted octanol–water partition coefficient (Wildman–Crippen LogP) is 2.52. The van der Waals surface area contributed by atoms with Crippen molar-refractivity contribution in [3.8, 4) is 0 Å². The molecule has 0 aliphatic carbocycles. The van der Waals surface area contributed by atoms with E-state index in [4.69, 9.17) is 9.56 Å². The van der Waals surface area contributed by atoms with Gasteiger partial charge < -0.3 is 9.73 Å². The van der Waals surface area contributed by atoms with Crippen molar-refractivity contribution in [1.82, 2.24) is 20.5 Å². The van der Waals surface area contributed by atoms with Crippen LogP contribution < -0.4 is 10.5 Å². The van der Waals surface area contributed by atoms with E-state index in [1.54, 1.807) is 23.5 Å². The Balaban J connectivity index is 1.21. The first-order chi connectivity index (χ1) is 15.4. The Bertz CT molecular complexity index is 1300. The summed E-state index contributed by atoms with van der Waals surface area (Å²) in [6, 6.07) is 14.0. The lowest BCUT2D eigenvalue weighted by Crippen LogP contribution is -2.24. The molecule has 0 bridgehead atoms. The number of hydrogen-bond donors (Lipinski definition) is 2. The van der Waals surface area contributed by atoms with Crippen LogP contribution in [0.5, 0.6) is 0 Å². The molecule has 0 aliphatic heterocycles. The number of primary sulfonamides is 1. The molecule has 32 heavy (non-hydrogen) atoms. The molecule has 0 saturated carbocycles. The molecule has 2 aromatic heterocycles. The zero-order valence-corrected chi connectivity index (χ0v) is 19.2. The molecule has 0 unspecified atom stereocenters. The standard InChI is InChI=1S/C20H19N5O4S3/c21-32(27,28)14-7-5-13(6-8-14)11-22-17(26)12-30-20-25-24-18(29-20)9-10-19-23-15-3-1-2-4-16(15)31-19/h1-8H,9-12H2,(H,22,26)(H2,21,27,28). The third-order valence-electron chi connectivity index (χ3n) is 4.41. The Morgan fingerprint density at radius 1 is 1.09 bits per heavy atom. The maximum absolute atomic E-state index is 12.1. The Morgan fingerprint density at radius 3 is 2.62 bits per heavy atom. The van der Waals surface area contributed by atoms with E-state index in [0.717, 1.165) is 32.5 Å². The fourth-order valence-electron chi connectivity index (χ4n) is 2.81.